The Morgan fingerprint density at radius 3 is 2.76 bits per heavy atom. The second kappa shape index (κ2) is 4.47. The van der Waals surface area contributed by atoms with Crippen LogP contribution in [-0.4, -0.2) is 24.5 Å². The Bertz CT molecular complexity index is 411. The Hall–Kier alpha value is -0.790. The van der Waals surface area contributed by atoms with Crippen LogP contribution >= 0.6 is 12.4 Å². The number of rotatable bonds is 3. The summed E-state index contributed by atoms with van der Waals surface area (Å²) < 4.78 is 0. The van der Waals surface area contributed by atoms with Crippen molar-refractivity contribution in [3.8, 4) is 0 Å². The largest absolute Gasteiger partial charge is 0.298 e. The summed E-state index contributed by atoms with van der Waals surface area (Å²) in [5.74, 6) is 0.898. The first kappa shape index (κ1) is 12.7. The average Bonchev–Trinajstić information content (AvgIpc) is 2.84. The predicted molar refractivity (Wildman–Crippen MR) is 74.8 cm³/mol. The summed E-state index contributed by atoms with van der Waals surface area (Å²) in [6.45, 7) is 9.53. The van der Waals surface area contributed by atoms with Crippen molar-refractivity contribution in [1.29, 1.82) is 0 Å². The van der Waals surface area contributed by atoms with Gasteiger partial charge < -0.3 is 0 Å². The van der Waals surface area contributed by atoms with Crippen LogP contribution in [0.4, 0.5) is 0 Å². The first-order valence-electron chi connectivity index (χ1n) is 6.15. The molecular formula is C15H20ClN. The molecule has 1 saturated carbocycles. The van der Waals surface area contributed by atoms with E-state index in [9.17, 15) is 0 Å². The Kier molecular flexibility index (Phi) is 3.33. The summed E-state index contributed by atoms with van der Waals surface area (Å²) in [7, 11) is 0. The molecule has 1 aliphatic carbocycles. The van der Waals surface area contributed by atoms with Gasteiger partial charge in [0.15, 0.2) is 0 Å². The topological polar surface area (TPSA) is 3.24 Å². The minimum atomic E-state index is 0. The number of nitrogens with zero attached hydrogens (tertiary/aromatic N) is 1. The number of piperidine rings is 1. The van der Waals surface area contributed by atoms with Gasteiger partial charge in [0.25, 0.3) is 0 Å². The standard InChI is InChI=1S/C15H19N.ClH/c1-3-8-16-10-14-9-15(14,11-16)13-6-4-12(2)5-7-13;/h3-7,14H,1,8-11H2,2H3;1H. The Morgan fingerprint density at radius 2 is 2.12 bits per heavy atom. The van der Waals surface area contributed by atoms with E-state index in [0.29, 0.717) is 5.41 Å². The summed E-state index contributed by atoms with van der Waals surface area (Å²) >= 11 is 0. The van der Waals surface area contributed by atoms with Crippen molar-refractivity contribution in [3.63, 3.8) is 0 Å². The van der Waals surface area contributed by atoms with E-state index in [1.54, 1.807) is 5.56 Å². The van der Waals surface area contributed by atoms with E-state index >= 15 is 0 Å². The molecule has 2 unspecified atom stereocenters. The van der Waals surface area contributed by atoms with Gasteiger partial charge in [0.2, 0.25) is 0 Å². The van der Waals surface area contributed by atoms with Crippen LogP contribution in [0.2, 0.25) is 0 Å². The Labute approximate surface area is 110 Å². The van der Waals surface area contributed by atoms with Crippen molar-refractivity contribution >= 4 is 12.4 Å². The maximum absolute atomic E-state index is 3.83. The summed E-state index contributed by atoms with van der Waals surface area (Å²) in [5.41, 5.74) is 3.41. The zero-order chi connectivity index (χ0) is 11.2. The van der Waals surface area contributed by atoms with Gasteiger partial charge in [-0.15, -0.1) is 19.0 Å². The molecule has 1 nitrogen and oxygen atoms in total. The molecule has 0 N–H and O–H groups in total. The van der Waals surface area contributed by atoms with Crippen LogP contribution < -0.4 is 0 Å². The minimum Gasteiger partial charge on any atom is -0.298 e. The minimum absolute atomic E-state index is 0. The van der Waals surface area contributed by atoms with E-state index in [1.165, 1.54) is 25.1 Å². The van der Waals surface area contributed by atoms with E-state index < -0.39 is 0 Å². The van der Waals surface area contributed by atoms with Crippen LogP contribution in [0.15, 0.2) is 36.9 Å². The van der Waals surface area contributed by atoms with E-state index in [-0.39, 0.29) is 12.4 Å². The fourth-order valence-corrected chi connectivity index (χ4v) is 3.24. The summed E-state index contributed by atoms with van der Waals surface area (Å²) in [5, 5.41) is 0. The fraction of sp³-hybridized carbons (Fsp3) is 0.467. The lowest BCUT2D eigenvalue weighted by Crippen LogP contribution is -2.26. The van der Waals surface area contributed by atoms with Gasteiger partial charge >= 0.3 is 0 Å². The number of hydrogen-bond acceptors (Lipinski definition) is 1. The van der Waals surface area contributed by atoms with Gasteiger partial charge in [0, 0.05) is 25.0 Å². The number of aryl methyl sites for hydroxylation is 1. The molecule has 3 rings (SSSR count). The lowest BCUT2D eigenvalue weighted by molar-refractivity contribution is 0.330. The molecule has 0 radical (unpaired) electrons. The van der Waals surface area contributed by atoms with Gasteiger partial charge in [0.1, 0.15) is 0 Å². The molecular weight excluding hydrogens is 230 g/mol. The number of likely N-dealkylation sites (tertiary alicyclic amines) is 1. The van der Waals surface area contributed by atoms with Gasteiger partial charge in [-0.25, -0.2) is 0 Å². The average molecular weight is 250 g/mol. The molecule has 1 aromatic carbocycles. The Balaban J connectivity index is 0.00000108. The Morgan fingerprint density at radius 1 is 1.41 bits per heavy atom. The highest BCUT2D eigenvalue weighted by Crippen LogP contribution is 2.58. The highest BCUT2D eigenvalue weighted by molar-refractivity contribution is 5.85. The molecule has 92 valence electrons. The number of benzene rings is 1. The van der Waals surface area contributed by atoms with Crippen molar-refractivity contribution in [2.24, 2.45) is 5.92 Å². The van der Waals surface area contributed by atoms with Crippen molar-refractivity contribution in [1.82, 2.24) is 4.90 Å². The number of fused-ring (bicyclic) bond motifs is 1. The first-order valence-corrected chi connectivity index (χ1v) is 6.15. The van der Waals surface area contributed by atoms with Crippen LogP contribution in [-0.2, 0) is 5.41 Å². The summed E-state index contributed by atoms with van der Waals surface area (Å²) in [4.78, 5) is 2.53. The van der Waals surface area contributed by atoms with Crippen LogP contribution in [0.25, 0.3) is 0 Å². The molecule has 2 atom stereocenters. The third-order valence-electron chi connectivity index (χ3n) is 4.23. The second-order valence-corrected chi connectivity index (χ2v) is 5.41. The molecule has 2 aliphatic rings. The zero-order valence-corrected chi connectivity index (χ0v) is 11.2. The van der Waals surface area contributed by atoms with Gasteiger partial charge in [0.05, 0.1) is 0 Å². The number of hydrogen-bond donors (Lipinski definition) is 0. The van der Waals surface area contributed by atoms with Crippen LogP contribution in [0.1, 0.15) is 17.5 Å². The van der Waals surface area contributed by atoms with Crippen molar-refractivity contribution in [3.05, 3.63) is 48.0 Å². The second-order valence-electron chi connectivity index (χ2n) is 5.41. The van der Waals surface area contributed by atoms with E-state index in [0.717, 1.165) is 12.5 Å². The molecule has 0 spiro atoms. The van der Waals surface area contributed by atoms with E-state index in [1.807, 2.05) is 6.08 Å². The van der Waals surface area contributed by atoms with Crippen LogP contribution in [0.5, 0.6) is 0 Å². The predicted octanol–water partition coefficient (Wildman–Crippen LogP) is 3.18. The maximum Gasteiger partial charge on any atom is 0.0161 e. The number of halogens is 1. The van der Waals surface area contributed by atoms with Crippen molar-refractivity contribution < 1.29 is 0 Å². The van der Waals surface area contributed by atoms with Gasteiger partial charge in [-0.1, -0.05) is 35.9 Å². The van der Waals surface area contributed by atoms with Gasteiger partial charge in [-0.05, 0) is 24.8 Å². The first-order chi connectivity index (χ1) is 7.74. The molecule has 1 heterocycles. The fourth-order valence-electron chi connectivity index (χ4n) is 3.24. The van der Waals surface area contributed by atoms with Crippen LogP contribution in [0.3, 0.4) is 0 Å². The molecule has 0 bridgehead atoms. The molecule has 0 aromatic heterocycles. The highest BCUT2D eigenvalue weighted by atomic mass is 35.5. The molecule has 1 aromatic rings. The summed E-state index contributed by atoms with van der Waals surface area (Å²) in [6, 6.07) is 9.14. The van der Waals surface area contributed by atoms with Gasteiger partial charge in [-0.3, -0.25) is 4.90 Å². The molecule has 2 heteroatoms. The SMILES string of the molecule is C=CCN1CC2CC2(c2ccc(C)cc2)C1.Cl. The van der Waals surface area contributed by atoms with E-state index in [4.69, 9.17) is 0 Å². The monoisotopic (exact) mass is 249 g/mol. The zero-order valence-electron chi connectivity index (χ0n) is 10.4. The quantitative estimate of drug-likeness (QED) is 0.744. The lowest BCUT2D eigenvalue weighted by Gasteiger charge is -2.19. The maximum atomic E-state index is 3.83. The van der Waals surface area contributed by atoms with Crippen molar-refractivity contribution in [2.75, 3.05) is 19.6 Å². The summed E-state index contributed by atoms with van der Waals surface area (Å²) in [6.07, 6.45) is 3.41. The third kappa shape index (κ3) is 2.02. The lowest BCUT2D eigenvalue weighted by atomic mass is 9.94. The normalized spacial score (nSPS) is 30.5. The van der Waals surface area contributed by atoms with E-state index in [2.05, 4.69) is 42.7 Å². The third-order valence-corrected chi connectivity index (χ3v) is 4.23. The van der Waals surface area contributed by atoms with Crippen LogP contribution in [0, 0.1) is 12.8 Å². The molecule has 1 aliphatic heterocycles. The molecule has 2 fully saturated rings. The molecule has 1 saturated heterocycles. The molecule has 0 amide bonds. The van der Waals surface area contributed by atoms with Crippen molar-refractivity contribution in [2.45, 2.75) is 18.8 Å². The highest BCUT2D eigenvalue weighted by Gasteiger charge is 2.60. The van der Waals surface area contributed by atoms with Gasteiger partial charge in [-0.2, -0.15) is 0 Å². The molecule has 17 heavy (non-hydrogen) atoms. The smallest absolute Gasteiger partial charge is 0.0161 e.